The van der Waals surface area contributed by atoms with Crippen molar-refractivity contribution in [1.82, 2.24) is 0 Å². The fourth-order valence-corrected chi connectivity index (χ4v) is 5.54. The van der Waals surface area contributed by atoms with E-state index in [1.807, 2.05) is 54.6 Å². The number of carbonyl (C=O) groups excluding carboxylic acids is 1. The highest BCUT2D eigenvalue weighted by molar-refractivity contribution is 8.14. The largest absolute Gasteiger partial charge is 0.341 e. The molecule has 4 rings (SSSR count). The number of fused-ring (bicyclic) bond motifs is 1. The van der Waals surface area contributed by atoms with Crippen LogP contribution < -0.4 is 0 Å². The second-order valence-corrected chi connectivity index (χ2v) is 10.2. The summed E-state index contributed by atoms with van der Waals surface area (Å²) in [5, 5.41) is 0.00998. The zero-order valence-electron chi connectivity index (χ0n) is 16.9. The third-order valence-electron chi connectivity index (χ3n) is 5.83. The van der Waals surface area contributed by atoms with Crippen molar-refractivity contribution in [2.24, 2.45) is 10.8 Å². The predicted octanol–water partition coefficient (Wildman–Crippen LogP) is 5.58. The van der Waals surface area contributed by atoms with Gasteiger partial charge in [0.25, 0.3) is 5.79 Å². The van der Waals surface area contributed by atoms with E-state index in [0.717, 1.165) is 10.5 Å². The molecule has 0 amide bonds. The number of thioether (sulfide) groups is 1. The van der Waals surface area contributed by atoms with Crippen molar-refractivity contribution in [1.29, 1.82) is 0 Å². The Labute approximate surface area is 170 Å². The third kappa shape index (κ3) is 2.61. The molecule has 2 aromatic carbocycles. The summed E-state index contributed by atoms with van der Waals surface area (Å²) >= 11 is 1.21. The zero-order chi connectivity index (χ0) is 20.2. The standard InChI is InChI=1S/C23H26O4S/c1-20(2,3)23-21(4,5)15-25-22(23,26-27-23)17-12-9-13-18(14-17)28-19(24)16-10-7-6-8-11-16/h6-14H,15H2,1-5H3. The van der Waals surface area contributed by atoms with Crippen molar-refractivity contribution in [3.63, 3.8) is 0 Å². The van der Waals surface area contributed by atoms with E-state index < -0.39 is 11.4 Å². The predicted molar refractivity (Wildman–Crippen MR) is 109 cm³/mol. The van der Waals surface area contributed by atoms with E-state index in [0.29, 0.717) is 12.2 Å². The van der Waals surface area contributed by atoms with Gasteiger partial charge in [0.2, 0.25) is 5.12 Å². The number of hydrogen-bond donors (Lipinski definition) is 0. The monoisotopic (exact) mass is 398 g/mol. The van der Waals surface area contributed by atoms with Crippen molar-refractivity contribution in [3.05, 3.63) is 65.7 Å². The maximum atomic E-state index is 12.6. The SMILES string of the molecule is CC(C)(C)C12OOC1(c1cccc(SC(=O)c3ccccc3)c1)OCC2(C)C. The molecule has 2 aromatic rings. The van der Waals surface area contributed by atoms with Crippen molar-refractivity contribution < 1.29 is 19.3 Å². The number of benzene rings is 2. The highest BCUT2D eigenvalue weighted by atomic mass is 32.2. The summed E-state index contributed by atoms with van der Waals surface area (Å²) in [4.78, 5) is 25.1. The van der Waals surface area contributed by atoms with E-state index in [1.54, 1.807) is 0 Å². The molecule has 28 heavy (non-hydrogen) atoms. The molecule has 0 spiro atoms. The quantitative estimate of drug-likeness (QED) is 0.499. The van der Waals surface area contributed by atoms with Crippen molar-refractivity contribution in [2.75, 3.05) is 6.61 Å². The van der Waals surface area contributed by atoms with Crippen LogP contribution >= 0.6 is 11.8 Å². The first-order valence-corrected chi connectivity index (χ1v) is 10.3. The Morgan fingerprint density at radius 2 is 1.71 bits per heavy atom. The summed E-state index contributed by atoms with van der Waals surface area (Å²) in [6.45, 7) is 11.3. The van der Waals surface area contributed by atoms with Crippen LogP contribution in [0.5, 0.6) is 0 Å². The Kier molecular flexibility index (Phi) is 4.51. The van der Waals surface area contributed by atoms with Crippen LogP contribution in [0.1, 0.15) is 50.5 Å². The molecule has 0 saturated carbocycles. The fraction of sp³-hybridized carbons (Fsp3) is 0.435. The second-order valence-electron chi connectivity index (χ2n) is 9.17. The molecule has 148 valence electrons. The lowest BCUT2D eigenvalue weighted by atomic mass is 9.57. The van der Waals surface area contributed by atoms with Gasteiger partial charge in [-0.15, -0.1) is 0 Å². The Hall–Kier alpha value is -1.66. The van der Waals surface area contributed by atoms with Gasteiger partial charge in [0, 0.05) is 26.9 Å². The van der Waals surface area contributed by atoms with Crippen molar-refractivity contribution >= 4 is 16.9 Å². The van der Waals surface area contributed by atoms with Gasteiger partial charge in [-0.25, -0.2) is 4.89 Å². The van der Waals surface area contributed by atoms with E-state index >= 15 is 0 Å². The lowest BCUT2D eigenvalue weighted by Crippen LogP contribution is -2.73. The average Bonchev–Trinajstić information content (AvgIpc) is 2.77. The van der Waals surface area contributed by atoms with Crippen LogP contribution in [0, 0.1) is 10.8 Å². The summed E-state index contributed by atoms with van der Waals surface area (Å²) in [6, 6.07) is 17.1. The van der Waals surface area contributed by atoms with Gasteiger partial charge in [-0.05, 0) is 23.9 Å². The number of hydrogen-bond acceptors (Lipinski definition) is 5. The van der Waals surface area contributed by atoms with Crippen LogP contribution in [0.4, 0.5) is 0 Å². The molecule has 0 aliphatic carbocycles. The van der Waals surface area contributed by atoms with Crippen LogP contribution in [-0.2, 0) is 20.3 Å². The van der Waals surface area contributed by atoms with Crippen LogP contribution in [0.3, 0.4) is 0 Å². The molecule has 2 aliphatic rings. The van der Waals surface area contributed by atoms with Gasteiger partial charge in [-0.1, -0.05) is 77.1 Å². The van der Waals surface area contributed by atoms with Gasteiger partial charge in [0.1, 0.15) is 0 Å². The highest BCUT2D eigenvalue weighted by Crippen LogP contribution is 2.69. The lowest BCUT2D eigenvalue weighted by Gasteiger charge is -2.61. The van der Waals surface area contributed by atoms with Gasteiger partial charge >= 0.3 is 0 Å². The van der Waals surface area contributed by atoms with Crippen molar-refractivity contribution in [3.8, 4) is 0 Å². The van der Waals surface area contributed by atoms with E-state index in [4.69, 9.17) is 14.5 Å². The first kappa shape index (κ1) is 19.6. The van der Waals surface area contributed by atoms with Crippen molar-refractivity contribution in [2.45, 2.75) is 50.9 Å². The van der Waals surface area contributed by atoms with Crippen LogP contribution in [0.2, 0.25) is 0 Å². The molecule has 2 fully saturated rings. The fourth-order valence-electron chi connectivity index (χ4n) is 4.74. The first-order valence-electron chi connectivity index (χ1n) is 9.52. The van der Waals surface area contributed by atoms with Crippen LogP contribution in [-0.4, -0.2) is 17.3 Å². The Morgan fingerprint density at radius 1 is 1.00 bits per heavy atom. The number of rotatable bonds is 3. The van der Waals surface area contributed by atoms with Crippen LogP contribution in [0.25, 0.3) is 0 Å². The molecular weight excluding hydrogens is 372 g/mol. The Morgan fingerprint density at radius 3 is 2.32 bits per heavy atom. The molecule has 0 N–H and O–H groups in total. The number of carbonyl (C=O) groups is 1. The third-order valence-corrected chi connectivity index (χ3v) is 6.74. The number of ether oxygens (including phenoxy) is 1. The molecule has 2 unspecified atom stereocenters. The van der Waals surface area contributed by atoms with Gasteiger partial charge in [0.05, 0.1) is 6.61 Å². The maximum Gasteiger partial charge on any atom is 0.261 e. The lowest BCUT2D eigenvalue weighted by molar-refractivity contribution is -0.626. The molecule has 0 radical (unpaired) electrons. The smallest absolute Gasteiger partial charge is 0.261 e. The van der Waals surface area contributed by atoms with Gasteiger partial charge in [-0.3, -0.25) is 4.79 Å². The Balaban J connectivity index is 1.69. The van der Waals surface area contributed by atoms with Gasteiger partial charge in [0.15, 0.2) is 5.60 Å². The van der Waals surface area contributed by atoms with Gasteiger partial charge in [-0.2, -0.15) is 4.89 Å². The van der Waals surface area contributed by atoms with E-state index in [1.165, 1.54) is 11.8 Å². The maximum absolute atomic E-state index is 12.6. The minimum absolute atomic E-state index is 0.00998. The van der Waals surface area contributed by atoms with Crippen LogP contribution in [0.15, 0.2) is 59.5 Å². The summed E-state index contributed by atoms with van der Waals surface area (Å²) in [5.74, 6) is -0.971. The summed E-state index contributed by atoms with van der Waals surface area (Å²) in [5.41, 5.74) is 0.493. The highest BCUT2D eigenvalue weighted by Gasteiger charge is 2.81. The summed E-state index contributed by atoms with van der Waals surface area (Å²) < 4.78 is 6.27. The molecule has 2 saturated heterocycles. The normalized spacial score (nSPS) is 28.5. The molecule has 5 heteroatoms. The molecule has 0 bridgehead atoms. The average molecular weight is 399 g/mol. The van der Waals surface area contributed by atoms with E-state index in [-0.39, 0.29) is 15.9 Å². The minimum Gasteiger partial charge on any atom is -0.341 e. The molecule has 0 aromatic heterocycles. The molecule has 2 heterocycles. The molecule has 2 atom stereocenters. The summed E-state index contributed by atoms with van der Waals surface area (Å²) in [6.07, 6.45) is 0. The second kappa shape index (κ2) is 6.42. The molecular formula is C23H26O4S. The topological polar surface area (TPSA) is 44.8 Å². The van der Waals surface area contributed by atoms with E-state index in [9.17, 15) is 4.79 Å². The minimum atomic E-state index is -0.971. The molecule has 2 aliphatic heterocycles. The zero-order valence-corrected chi connectivity index (χ0v) is 17.8. The molecule has 4 nitrogen and oxygen atoms in total. The first-order chi connectivity index (χ1) is 13.1. The van der Waals surface area contributed by atoms with E-state index in [2.05, 4.69) is 34.6 Å². The van der Waals surface area contributed by atoms with Gasteiger partial charge < -0.3 is 4.74 Å². The Bertz CT molecular complexity index is 902. The summed E-state index contributed by atoms with van der Waals surface area (Å²) in [7, 11) is 0.